The molecule has 1 aliphatic heterocycles. The fraction of sp³-hybridized carbons (Fsp3) is 0.412. The molecule has 1 unspecified atom stereocenters. The first kappa shape index (κ1) is 15.6. The lowest BCUT2D eigenvalue weighted by molar-refractivity contribution is 0.106. The van der Waals surface area contributed by atoms with Crippen molar-refractivity contribution in [1.82, 2.24) is 19.7 Å². The molecule has 1 aliphatic rings. The average molecular weight is 343 g/mol. The van der Waals surface area contributed by atoms with E-state index in [-0.39, 0.29) is 0 Å². The number of thiazole rings is 1. The number of benzene rings is 1. The molecule has 7 heteroatoms. The van der Waals surface area contributed by atoms with Gasteiger partial charge in [-0.15, -0.1) is 0 Å². The summed E-state index contributed by atoms with van der Waals surface area (Å²) in [6, 6.07) is 8.08. The second-order valence-electron chi connectivity index (χ2n) is 6.22. The minimum atomic E-state index is -0.390. The van der Waals surface area contributed by atoms with Crippen LogP contribution in [0.3, 0.4) is 0 Å². The smallest absolute Gasteiger partial charge is 0.188 e. The highest BCUT2D eigenvalue weighted by atomic mass is 32.1. The fourth-order valence-electron chi connectivity index (χ4n) is 3.11. The van der Waals surface area contributed by atoms with Crippen LogP contribution in [0, 0.1) is 0 Å². The maximum absolute atomic E-state index is 10.2. The Bertz CT molecular complexity index is 775. The van der Waals surface area contributed by atoms with Gasteiger partial charge in [-0.3, -0.25) is 4.68 Å². The summed E-state index contributed by atoms with van der Waals surface area (Å²) in [7, 11) is 0. The van der Waals surface area contributed by atoms with Crippen LogP contribution in [-0.2, 0) is 6.54 Å². The van der Waals surface area contributed by atoms with E-state index in [1.165, 1.54) is 12.8 Å². The van der Waals surface area contributed by atoms with Crippen molar-refractivity contribution in [2.24, 2.45) is 0 Å². The summed E-state index contributed by atoms with van der Waals surface area (Å²) < 4.78 is 2.95. The molecule has 0 saturated carbocycles. The Hall–Kier alpha value is -1.96. The normalized spacial score (nSPS) is 16.7. The summed E-state index contributed by atoms with van der Waals surface area (Å²) in [5.74, 6) is 0. The number of hydrogen-bond donors (Lipinski definition) is 2. The van der Waals surface area contributed by atoms with Crippen molar-refractivity contribution in [1.29, 1.82) is 0 Å². The summed E-state index contributed by atoms with van der Waals surface area (Å²) in [4.78, 5) is 6.87. The van der Waals surface area contributed by atoms with Gasteiger partial charge in [0.1, 0.15) is 0 Å². The first-order chi connectivity index (χ1) is 11.8. The maximum Gasteiger partial charge on any atom is 0.188 e. The molecule has 1 aromatic carbocycles. The van der Waals surface area contributed by atoms with Crippen LogP contribution in [-0.4, -0.2) is 50.5 Å². The summed E-state index contributed by atoms with van der Waals surface area (Å²) in [6.45, 7) is 3.43. The van der Waals surface area contributed by atoms with E-state index in [4.69, 9.17) is 0 Å². The van der Waals surface area contributed by atoms with Gasteiger partial charge in [0, 0.05) is 12.7 Å². The van der Waals surface area contributed by atoms with Crippen molar-refractivity contribution < 1.29 is 5.11 Å². The third-order valence-electron chi connectivity index (χ3n) is 4.24. The zero-order chi connectivity index (χ0) is 16.4. The molecule has 0 radical (unpaired) electrons. The second kappa shape index (κ2) is 6.88. The van der Waals surface area contributed by atoms with Gasteiger partial charge in [0.25, 0.3) is 0 Å². The van der Waals surface area contributed by atoms with Crippen LogP contribution in [0.1, 0.15) is 12.8 Å². The number of rotatable bonds is 6. The zero-order valence-electron chi connectivity index (χ0n) is 13.4. The number of likely N-dealkylation sites (tertiary alicyclic amines) is 1. The monoisotopic (exact) mass is 343 g/mol. The van der Waals surface area contributed by atoms with Gasteiger partial charge < -0.3 is 15.3 Å². The Labute approximate surface area is 144 Å². The molecule has 1 atom stereocenters. The SMILES string of the molecule is OC(CN1CCCC1)Cn1cc(Nc2nc3ccccc3s2)cn1. The van der Waals surface area contributed by atoms with Crippen molar-refractivity contribution >= 4 is 32.4 Å². The van der Waals surface area contributed by atoms with E-state index in [9.17, 15) is 5.11 Å². The number of aromatic nitrogens is 3. The van der Waals surface area contributed by atoms with Gasteiger partial charge in [0.2, 0.25) is 0 Å². The van der Waals surface area contributed by atoms with E-state index < -0.39 is 6.10 Å². The van der Waals surface area contributed by atoms with Gasteiger partial charge in [-0.05, 0) is 38.1 Å². The van der Waals surface area contributed by atoms with Crippen molar-refractivity contribution in [3.8, 4) is 0 Å². The van der Waals surface area contributed by atoms with Crippen LogP contribution in [0.2, 0.25) is 0 Å². The van der Waals surface area contributed by atoms with Crippen molar-refractivity contribution in [3.63, 3.8) is 0 Å². The molecule has 4 rings (SSSR count). The summed E-state index contributed by atoms with van der Waals surface area (Å²) in [6.07, 6.45) is 5.78. The van der Waals surface area contributed by atoms with Crippen LogP contribution in [0.25, 0.3) is 10.2 Å². The van der Waals surface area contributed by atoms with Crippen molar-refractivity contribution in [2.45, 2.75) is 25.5 Å². The third-order valence-corrected chi connectivity index (χ3v) is 5.20. The molecule has 24 heavy (non-hydrogen) atoms. The predicted octanol–water partition coefficient (Wildman–Crippen LogP) is 2.69. The second-order valence-corrected chi connectivity index (χ2v) is 7.25. The van der Waals surface area contributed by atoms with Crippen LogP contribution < -0.4 is 5.32 Å². The van der Waals surface area contributed by atoms with Crippen LogP contribution >= 0.6 is 11.3 Å². The quantitative estimate of drug-likeness (QED) is 0.720. The van der Waals surface area contributed by atoms with E-state index in [1.807, 2.05) is 24.4 Å². The molecule has 2 N–H and O–H groups in total. The largest absolute Gasteiger partial charge is 0.390 e. The number of aliphatic hydroxyl groups is 1. The lowest BCUT2D eigenvalue weighted by Gasteiger charge is -2.19. The molecule has 1 fully saturated rings. The molecule has 3 aromatic rings. The number of fused-ring (bicyclic) bond motifs is 1. The molecule has 126 valence electrons. The summed E-state index contributed by atoms with van der Waals surface area (Å²) in [5, 5.41) is 18.7. The molecular weight excluding hydrogens is 322 g/mol. The van der Waals surface area contributed by atoms with Crippen LogP contribution in [0.15, 0.2) is 36.7 Å². The number of nitrogens with one attached hydrogen (secondary N) is 1. The van der Waals surface area contributed by atoms with Crippen LogP contribution in [0.4, 0.5) is 10.8 Å². The zero-order valence-corrected chi connectivity index (χ0v) is 14.2. The minimum absolute atomic E-state index is 0.390. The molecular formula is C17H21N5OS. The molecule has 2 aromatic heterocycles. The molecule has 0 amide bonds. The first-order valence-corrected chi connectivity index (χ1v) is 9.13. The Morgan fingerprint density at radius 2 is 2.04 bits per heavy atom. The maximum atomic E-state index is 10.2. The van der Waals surface area contributed by atoms with Gasteiger partial charge >= 0.3 is 0 Å². The molecule has 6 nitrogen and oxygen atoms in total. The highest BCUT2D eigenvalue weighted by molar-refractivity contribution is 7.22. The number of para-hydroxylation sites is 1. The Balaban J connectivity index is 1.37. The fourth-order valence-corrected chi connectivity index (χ4v) is 4.00. The predicted molar refractivity (Wildman–Crippen MR) is 96.8 cm³/mol. The lowest BCUT2D eigenvalue weighted by Crippen LogP contribution is -2.32. The highest BCUT2D eigenvalue weighted by Gasteiger charge is 2.16. The Morgan fingerprint density at radius 1 is 1.21 bits per heavy atom. The van der Waals surface area contributed by atoms with Crippen molar-refractivity contribution in [2.75, 3.05) is 25.0 Å². The minimum Gasteiger partial charge on any atom is -0.390 e. The molecule has 3 heterocycles. The molecule has 0 bridgehead atoms. The Morgan fingerprint density at radius 3 is 2.88 bits per heavy atom. The first-order valence-electron chi connectivity index (χ1n) is 8.32. The van der Waals surface area contributed by atoms with E-state index in [1.54, 1.807) is 22.2 Å². The van der Waals surface area contributed by atoms with Gasteiger partial charge in [0.05, 0.1) is 34.7 Å². The number of nitrogens with zero attached hydrogens (tertiary/aromatic N) is 4. The lowest BCUT2D eigenvalue weighted by atomic mass is 10.3. The van der Waals surface area contributed by atoms with E-state index in [2.05, 4.69) is 26.4 Å². The van der Waals surface area contributed by atoms with E-state index >= 15 is 0 Å². The van der Waals surface area contributed by atoms with Gasteiger partial charge in [0.15, 0.2) is 5.13 Å². The molecule has 0 aliphatic carbocycles. The topological polar surface area (TPSA) is 66.2 Å². The number of β-amino-alcohol motifs (C(OH)–C–C–N with tert-alkyl or cyclic N) is 1. The van der Waals surface area contributed by atoms with E-state index in [0.29, 0.717) is 6.54 Å². The molecule has 0 spiro atoms. The number of hydrogen-bond acceptors (Lipinski definition) is 6. The standard InChI is InChI=1S/C17H21N5OS/c23-14(11-21-7-3-4-8-21)12-22-10-13(9-18-22)19-17-20-15-5-1-2-6-16(15)24-17/h1-2,5-6,9-10,14,23H,3-4,7-8,11-12H2,(H,19,20). The van der Waals surface area contributed by atoms with Gasteiger partial charge in [-0.2, -0.15) is 5.10 Å². The summed E-state index contributed by atoms with van der Waals surface area (Å²) in [5.41, 5.74) is 1.89. The average Bonchev–Trinajstić information content (AvgIpc) is 3.28. The molecule has 1 saturated heterocycles. The number of aliphatic hydroxyl groups excluding tert-OH is 1. The number of anilines is 2. The van der Waals surface area contributed by atoms with Gasteiger partial charge in [-0.25, -0.2) is 4.98 Å². The summed E-state index contributed by atoms with van der Waals surface area (Å²) >= 11 is 1.62. The van der Waals surface area contributed by atoms with E-state index in [0.717, 1.165) is 40.7 Å². The third kappa shape index (κ3) is 3.58. The van der Waals surface area contributed by atoms with Gasteiger partial charge in [-0.1, -0.05) is 23.5 Å². The highest BCUT2D eigenvalue weighted by Crippen LogP contribution is 2.27. The van der Waals surface area contributed by atoms with Crippen molar-refractivity contribution in [3.05, 3.63) is 36.7 Å². The Kier molecular flexibility index (Phi) is 4.46. The van der Waals surface area contributed by atoms with Crippen LogP contribution in [0.5, 0.6) is 0 Å².